The quantitative estimate of drug-likeness (QED) is 0.459. The first kappa shape index (κ1) is 13.5. The Hall–Kier alpha value is -0.570. The summed E-state index contributed by atoms with van der Waals surface area (Å²) in [5.41, 5.74) is -0.0688. The first-order valence-corrected chi connectivity index (χ1v) is 5.28. The molecule has 1 aromatic heterocycles. The van der Waals surface area contributed by atoms with E-state index >= 15 is 0 Å². The van der Waals surface area contributed by atoms with Gasteiger partial charge >= 0.3 is 6.36 Å². The molecule has 0 spiro atoms. The molecule has 1 heterocycles. The minimum absolute atomic E-state index is 0.0109. The van der Waals surface area contributed by atoms with E-state index in [0.29, 0.717) is 0 Å². The van der Waals surface area contributed by atoms with Crippen LogP contribution in [0, 0.1) is 10.6 Å². The highest BCUT2D eigenvalue weighted by atomic mass is 127. The number of pyridine rings is 1. The number of rotatable bonds is 2. The highest BCUT2D eigenvalue weighted by Gasteiger charge is 2.32. The van der Waals surface area contributed by atoms with Crippen molar-refractivity contribution >= 4 is 39.4 Å². The van der Waals surface area contributed by atoms with Crippen LogP contribution in [0.1, 0.15) is 15.9 Å². The Morgan fingerprint density at radius 2 is 2.12 bits per heavy atom. The molecule has 88 valence electrons. The molecule has 0 saturated carbocycles. The lowest BCUT2D eigenvalue weighted by atomic mass is 10.1. The second-order valence-electron chi connectivity index (χ2n) is 2.73. The van der Waals surface area contributed by atoms with E-state index in [2.05, 4.69) is 9.72 Å². The fraction of sp³-hybridized carbons (Fsp3) is 0.250. The lowest BCUT2D eigenvalue weighted by Crippen LogP contribution is -2.19. The first-order valence-electron chi connectivity index (χ1n) is 3.83. The SMILES string of the molecule is Cc1c(OC(F)(F)F)cnc(I)c1C(=O)Cl. The van der Waals surface area contributed by atoms with Gasteiger partial charge in [0.2, 0.25) is 0 Å². The summed E-state index contributed by atoms with van der Waals surface area (Å²) in [6.07, 6.45) is -3.93. The fourth-order valence-electron chi connectivity index (χ4n) is 1.01. The monoisotopic (exact) mass is 365 g/mol. The highest BCUT2D eigenvalue weighted by Crippen LogP contribution is 2.29. The van der Waals surface area contributed by atoms with Gasteiger partial charge in [0, 0.05) is 5.56 Å². The molecule has 0 saturated heterocycles. The van der Waals surface area contributed by atoms with E-state index in [4.69, 9.17) is 11.6 Å². The average Bonchev–Trinajstić information content (AvgIpc) is 2.07. The van der Waals surface area contributed by atoms with Crippen molar-refractivity contribution in [2.24, 2.45) is 0 Å². The van der Waals surface area contributed by atoms with Gasteiger partial charge in [-0.1, -0.05) is 0 Å². The largest absolute Gasteiger partial charge is 0.573 e. The Balaban J connectivity index is 3.24. The van der Waals surface area contributed by atoms with Crippen LogP contribution >= 0.6 is 34.2 Å². The smallest absolute Gasteiger partial charge is 0.404 e. The average molecular weight is 365 g/mol. The van der Waals surface area contributed by atoms with Crippen LogP contribution in [-0.2, 0) is 0 Å². The van der Waals surface area contributed by atoms with Crippen LogP contribution in [0.4, 0.5) is 13.2 Å². The number of ether oxygens (including phenoxy) is 1. The zero-order valence-electron chi connectivity index (χ0n) is 7.73. The molecule has 0 unspecified atom stereocenters. The van der Waals surface area contributed by atoms with Crippen molar-refractivity contribution in [2.75, 3.05) is 0 Å². The lowest BCUT2D eigenvalue weighted by Gasteiger charge is -2.12. The highest BCUT2D eigenvalue weighted by molar-refractivity contribution is 14.1. The van der Waals surface area contributed by atoms with Crippen molar-refractivity contribution in [1.29, 1.82) is 0 Å². The minimum Gasteiger partial charge on any atom is -0.404 e. The summed E-state index contributed by atoms with van der Waals surface area (Å²) in [4.78, 5) is 14.6. The van der Waals surface area contributed by atoms with Crippen LogP contribution in [0.5, 0.6) is 5.75 Å². The van der Waals surface area contributed by atoms with Crippen molar-refractivity contribution < 1.29 is 22.7 Å². The summed E-state index contributed by atoms with van der Waals surface area (Å²) in [5, 5.41) is -0.873. The predicted octanol–water partition coefficient (Wildman–Crippen LogP) is 3.27. The summed E-state index contributed by atoms with van der Waals surface area (Å²) >= 11 is 6.94. The predicted molar refractivity (Wildman–Crippen MR) is 58.6 cm³/mol. The van der Waals surface area contributed by atoms with E-state index < -0.39 is 17.4 Å². The number of alkyl halides is 3. The number of hydrogen-bond acceptors (Lipinski definition) is 3. The van der Waals surface area contributed by atoms with Crippen molar-refractivity contribution in [3.05, 3.63) is 21.0 Å². The molecule has 1 aromatic rings. The normalized spacial score (nSPS) is 11.4. The summed E-state index contributed by atoms with van der Waals surface area (Å²) in [7, 11) is 0. The maximum atomic E-state index is 12.0. The van der Waals surface area contributed by atoms with Crippen LogP contribution in [0.25, 0.3) is 0 Å². The molecule has 0 radical (unpaired) electrons. The summed E-state index contributed by atoms with van der Waals surface area (Å²) in [6, 6.07) is 0. The Kier molecular flexibility index (Phi) is 4.00. The van der Waals surface area contributed by atoms with E-state index in [-0.39, 0.29) is 14.8 Å². The fourth-order valence-corrected chi connectivity index (χ4v) is 2.19. The van der Waals surface area contributed by atoms with Crippen molar-refractivity contribution in [3.8, 4) is 5.75 Å². The molecule has 0 aliphatic rings. The van der Waals surface area contributed by atoms with Gasteiger partial charge in [0.1, 0.15) is 3.70 Å². The van der Waals surface area contributed by atoms with E-state index in [1.165, 1.54) is 6.92 Å². The molecular weight excluding hydrogens is 361 g/mol. The van der Waals surface area contributed by atoms with Crippen LogP contribution < -0.4 is 4.74 Å². The van der Waals surface area contributed by atoms with Gasteiger partial charge in [-0.15, -0.1) is 13.2 Å². The van der Waals surface area contributed by atoms with Crippen LogP contribution in [-0.4, -0.2) is 16.6 Å². The molecule has 0 aliphatic heterocycles. The second kappa shape index (κ2) is 4.74. The Morgan fingerprint density at radius 3 is 2.56 bits per heavy atom. The number of aromatic nitrogens is 1. The molecule has 16 heavy (non-hydrogen) atoms. The van der Waals surface area contributed by atoms with Gasteiger partial charge in [0.25, 0.3) is 5.24 Å². The summed E-state index contributed by atoms with van der Waals surface area (Å²) in [6.45, 7) is 1.31. The van der Waals surface area contributed by atoms with E-state index in [1.54, 1.807) is 22.6 Å². The number of hydrogen-bond donors (Lipinski definition) is 0. The Morgan fingerprint density at radius 1 is 1.56 bits per heavy atom. The van der Waals surface area contributed by atoms with E-state index in [0.717, 1.165) is 6.20 Å². The summed E-state index contributed by atoms with van der Waals surface area (Å²) < 4.78 is 39.9. The van der Waals surface area contributed by atoms with Gasteiger partial charge in [-0.3, -0.25) is 4.79 Å². The van der Waals surface area contributed by atoms with Crippen molar-refractivity contribution in [3.63, 3.8) is 0 Å². The van der Waals surface area contributed by atoms with Gasteiger partial charge in [-0.2, -0.15) is 0 Å². The third-order valence-corrected chi connectivity index (χ3v) is 2.68. The molecule has 0 aliphatic carbocycles. The van der Waals surface area contributed by atoms with Gasteiger partial charge in [0.05, 0.1) is 11.8 Å². The standard InChI is InChI=1S/C8H4ClF3INO2/c1-3-4(16-8(10,11)12)2-14-7(13)5(3)6(9)15/h2H,1H3. The molecule has 1 rings (SSSR count). The zero-order chi connectivity index (χ0) is 12.5. The number of nitrogens with zero attached hydrogens (tertiary/aromatic N) is 1. The summed E-state index contributed by atoms with van der Waals surface area (Å²) in [5.74, 6) is -0.531. The van der Waals surface area contributed by atoms with Gasteiger partial charge in [-0.25, -0.2) is 4.98 Å². The van der Waals surface area contributed by atoms with E-state index in [1.807, 2.05) is 0 Å². The topological polar surface area (TPSA) is 39.2 Å². The van der Waals surface area contributed by atoms with Gasteiger partial charge < -0.3 is 4.74 Å². The Bertz CT molecular complexity index is 436. The van der Waals surface area contributed by atoms with E-state index in [9.17, 15) is 18.0 Å². The molecule has 3 nitrogen and oxygen atoms in total. The third kappa shape index (κ3) is 3.21. The molecule has 0 bridgehead atoms. The molecule has 8 heteroatoms. The molecule has 0 atom stereocenters. The molecular formula is C8H4ClF3INO2. The number of carbonyl (C=O) groups excluding carboxylic acids is 1. The number of carbonyl (C=O) groups is 1. The zero-order valence-corrected chi connectivity index (χ0v) is 10.6. The number of halogens is 5. The first-order chi connectivity index (χ1) is 7.22. The minimum atomic E-state index is -4.83. The van der Waals surface area contributed by atoms with Gasteiger partial charge in [-0.05, 0) is 41.1 Å². The Labute approximate surface area is 107 Å². The van der Waals surface area contributed by atoms with Gasteiger partial charge in [0.15, 0.2) is 5.75 Å². The molecule has 0 fully saturated rings. The maximum absolute atomic E-state index is 12.0. The van der Waals surface area contributed by atoms with Crippen molar-refractivity contribution in [2.45, 2.75) is 13.3 Å². The lowest BCUT2D eigenvalue weighted by molar-refractivity contribution is -0.275. The molecule has 0 amide bonds. The third-order valence-electron chi connectivity index (χ3n) is 1.67. The van der Waals surface area contributed by atoms with Crippen molar-refractivity contribution in [1.82, 2.24) is 4.98 Å². The van der Waals surface area contributed by atoms with Crippen LogP contribution in [0.3, 0.4) is 0 Å². The molecule has 0 aromatic carbocycles. The second-order valence-corrected chi connectivity index (χ2v) is 4.10. The maximum Gasteiger partial charge on any atom is 0.573 e. The van der Waals surface area contributed by atoms with Crippen LogP contribution in [0.15, 0.2) is 6.20 Å². The molecule has 0 N–H and O–H groups in total. The van der Waals surface area contributed by atoms with Crippen LogP contribution in [0.2, 0.25) is 0 Å².